The average Bonchev–Trinajstić information content (AvgIpc) is 3.01. The van der Waals surface area contributed by atoms with Crippen LogP contribution in [0.1, 0.15) is 11.1 Å². The van der Waals surface area contributed by atoms with Crippen LogP contribution in [0.3, 0.4) is 0 Å². The third-order valence-corrected chi connectivity index (χ3v) is 3.72. The van der Waals surface area contributed by atoms with E-state index in [4.69, 9.17) is 33.3 Å². The SMILES string of the molecule is S=C(NCc1ccccc1)NN=Cc1cc2c(cc1Cl)OCO2. The van der Waals surface area contributed by atoms with Crippen molar-refractivity contribution in [3.8, 4) is 11.5 Å². The molecule has 0 bridgehead atoms. The van der Waals surface area contributed by atoms with Crippen LogP contribution < -0.4 is 20.2 Å². The monoisotopic (exact) mass is 347 g/mol. The third-order valence-electron chi connectivity index (χ3n) is 3.16. The summed E-state index contributed by atoms with van der Waals surface area (Å²) in [6.45, 7) is 0.838. The fourth-order valence-corrected chi connectivity index (χ4v) is 2.34. The highest BCUT2D eigenvalue weighted by atomic mass is 35.5. The molecule has 1 aliphatic rings. The quantitative estimate of drug-likeness (QED) is 0.506. The van der Waals surface area contributed by atoms with Crippen LogP contribution in [-0.4, -0.2) is 18.1 Å². The van der Waals surface area contributed by atoms with Crippen molar-refractivity contribution >= 4 is 35.1 Å². The smallest absolute Gasteiger partial charge is 0.231 e. The van der Waals surface area contributed by atoms with E-state index in [0.29, 0.717) is 33.7 Å². The maximum atomic E-state index is 6.16. The van der Waals surface area contributed by atoms with Crippen molar-refractivity contribution < 1.29 is 9.47 Å². The molecule has 2 aromatic carbocycles. The lowest BCUT2D eigenvalue weighted by Gasteiger charge is -2.07. The molecule has 0 unspecified atom stereocenters. The summed E-state index contributed by atoms with van der Waals surface area (Å²) in [4.78, 5) is 0. The van der Waals surface area contributed by atoms with Gasteiger partial charge in [0.1, 0.15) is 0 Å². The van der Waals surface area contributed by atoms with Crippen LogP contribution in [0.2, 0.25) is 5.02 Å². The first-order valence-electron chi connectivity index (χ1n) is 6.92. The second kappa shape index (κ2) is 7.30. The fourth-order valence-electron chi connectivity index (χ4n) is 2.01. The predicted octanol–water partition coefficient (Wildman–Crippen LogP) is 3.07. The van der Waals surface area contributed by atoms with E-state index >= 15 is 0 Å². The standard InChI is InChI=1S/C16H14ClN3O2S/c17-13-7-15-14(21-10-22-15)6-12(13)9-19-20-16(23)18-8-11-4-2-1-3-5-11/h1-7,9H,8,10H2,(H2,18,20,23). The molecule has 0 fully saturated rings. The van der Waals surface area contributed by atoms with Crippen molar-refractivity contribution in [3.05, 3.63) is 58.6 Å². The van der Waals surface area contributed by atoms with Crippen LogP contribution in [0.25, 0.3) is 0 Å². The molecule has 0 radical (unpaired) electrons. The van der Waals surface area contributed by atoms with E-state index in [1.54, 1.807) is 18.3 Å². The molecule has 0 saturated heterocycles. The zero-order chi connectivity index (χ0) is 16.1. The normalized spacial score (nSPS) is 12.4. The van der Waals surface area contributed by atoms with Gasteiger partial charge in [0.05, 0.1) is 11.2 Å². The molecule has 5 nitrogen and oxygen atoms in total. The first-order chi connectivity index (χ1) is 11.2. The molecule has 3 rings (SSSR count). The lowest BCUT2D eigenvalue weighted by Crippen LogP contribution is -2.31. The molecular weight excluding hydrogens is 334 g/mol. The molecule has 2 aromatic rings. The number of thiocarbonyl (C=S) groups is 1. The summed E-state index contributed by atoms with van der Waals surface area (Å²) in [7, 11) is 0. The van der Waals surface area contributed by atoms with E-state index in [2.05, 4.69) is 15.8 Å². The summed E-state index contributed by atoms with van der Waals surface area (Å²) < 4.78 is 10.6. The number of hydrogen-bond acceptors (Lipinski definition) is 4. The van der Waals surface area contributed by atoms with E-state index in [0.717, 1.165) is 5.56 Å². The van der Waals surface area contributed by atoms with E-state index in [1.807, 2.05) is 30.3 Å². The third kappa shape index (κ3) is 4.12. The van der Waals surface area contributed by atoms with Gasteiger partial charge in [0.2, 0.25) is 6.79 Å². The number of fused-ring (bicyclic) bond motifs is 1. The second-order valence-electron chi connectivity index (χ2n) is 4.77. The van der Waals surface area contributed by atoms with E-state index in [9.17, 15) is 0 Å². The molecule has 1 aliphatic heterocycles. The largest absolute Gasteiger partial charge is 0.454 e. The van der Waals surface area contributed by atoms with Gasteiger partial charge in [-0.25, -0.2) is 0 Å². The van der Waals surface area contributed by atoms with Gasteiger partial charge >= 0.3 is 0 Å². The van der Waals surface area contributed by atoms with Gasteiger partial charge in [-0.05, 0) is 23.8 Å². The van der Waals surface area contributed by atoms with Gasteiger partial charge in [-0.2, -0.15) is 5.10 Å². The van der Waals surface area contributed by atoms with Crippen molar-refractivity contribution in [2.24, 2.45) is 5.10 Å². The number of nitrogens with zero attached hydrogens (tertiary/aromatic N) is 1. The van der Waals surface area contributed by atoms with Crippen molar-refractivity contribution in [2.75, 3.05) is 6.79 Å². The number of benzene rings is 2. The molecule has 0 atom stereocenters. The van der Waals surface area contributed by atoms with E-state index < -0.39 is 0 Å². The Labute approximate surface area is 144 Å². The summed E-state index contributed by atoms with van der Waals surface area (Å²) in [5.41, 5.74) is 4.61. The van der Waals surface area contributed by atoms with Gasteiger partial charge in [0.15, 0.2) is 16.6 Å². The van der Waals surface area contributed by atoms with Crippen LogP contribution in [0, 0.1) is 0 Å². The highest BCUT2D eigenvalue weighted by molar-refractivity contribution is 7.80. The Morgan fingerprint density at radius 1 is 1.22 bits per heavy atom. The van der Waals surface area contributed by atoms with Gasteiger partial charge in [-0.15, -0.1) is 0 Å². The fraction of sp³-hybridized carbons (Fsp3) is 0.125. The zero-order valence-corrected chi connectivity index (χ0v) is 13.7. The summed E-state index contributed by atoms with van der Waals surface area (Å²) in [6.07, 6.45) is 1.58. The molecule has 1 heterocycles. The van der Waals surface area contributed by atoms with Crippen LogP contribution in [-0.2, 0) is 6.54 Å². The number of hydrogen-bond donors (Lipinski definition) is 2. The van der Waals surface area contributed by atoms with Gasteiger partial charge in [0, 0.05) is 18.2 Å². The molecule has 2 N–H and O–H groups in total. The zero-order valence-electron chi connectivity index (χ0n) is 12.1. The van der Waals surface area contributed by atoms with Crippen LogP contribution in [0.4, 0.5) is 0 Å². The highest BCUT2D eigenvalue weighted by Gasteiger charge is 2.15. The van der Waals surface area contributed by atoms with Gasteiger partial charge in [-0.3, -0.25) is 5.43 Å². The number of nitrogens with one attached hydrogen (secondary N) is 2. The summed E-state index contributed by atoms with van der Waals surface area (Å²) in [6, 6.07) is 13.4. The summed E-state index contributed by atoms with van der Waals surface area (Å²) in [5, 5.41) is 8.11. The Balaban J connectivity index is 1.53. The first-order valence-corrected chi connectivity index (χ1v) is 7.71. The Hall–Kier alpha value is -2.31. The molecule has 7 heteroatoms. The molecule has 118 valence electrons. The summed E-state index contributed by atoms with van der Waals surface area (Å²) in [5.74, 6) is 1.29. The van der Waals surface area contributed by atoms with Gasteiger partial charge in [-0.1, -0.05) is 41.9 Å². The Morgan fingerprint density at radius 2 is 1.96 bits per heavy atom. The number of hydrazone groups is 1. The van der Waals surface area contributed by atoms with E-state index in [-0.39, 0.29) is 6.79 Å². The van der Waals surface area contributed by atoms with Crippen molar-refractivity contribution in [1.82, 2.24) is 10.7 Å². The molecule has 0 saturated carbocycles. The molecule has 0 amide bonds. The van der Waals surface area contributed by atoms with E-state index in [1.165, 1.54) is 0 Å². The highest BCUT2D eigenvalue weighted by Crippen LogP contribution is 2.36. The van der Waals surface area contributed by atoms with Gasteiger partial charge in [0.25, 0.3) is 0 Å². The molecule has 0 aromatic heterocycles. The van der Waals surface area contributed by atoms with Gasteiger partial charge < -0.3 is 14.8 Å². The number of ether oxygens (including phenoxy) is 2. The topological polar surface area (TPSA) is 54.9 Å². The molecular formula is C16H14ClN3O2S. The maximum absolute atomic E-state index is 6.16. The number of rotatable bonds is 4. The second-order valence-corrected chi connectivity index (χ2v) is 5.58. The minimum absolute atomic E-state index is 0.206. The van der Waals surface area contributed by atoms with Crippen molar-refractivity contribution in [2.45, 2.75) is 6.54 Å². The summed E-state index contributed by atoms with van der Waals surface area (Å²) >= 11 is 11.3. The minimum atomic E-state index is 0.206. The van der Waals surface area contributed by atoms with Crippen LogP contribution >= 0.6 is 23.8 Å². The van der Waals surface area contributed by atoms with Crippen LogP contribution in [0.15, 0.2) is 47.6 Å². The molecule has 0 spiro atoms. The number of halogens is 1. The average molecular weight is 348 g/mol. The minimum Gasteiger partial charge on any atom is -0.454 e. The van der Waals surface area contributed by atoms with Crippen LogP contribution in [0.5, 0.6) is 11.5 Å². The predicted molar refractivity (Wildman–Crippen MR) is 94.2 cm³/mol. The molecule has 23 heavy (non-hydrogen) atoms. The maximum Gasteiger partial charge on any atom is 0.231 e. The van der Waals surface area contributed by atoms with Crippen molar-refractivity contribution in [3.63, 3.8) is 0 Å². The lowest BCUT2D eigenvalue weighted by atomic mass is 10.2. The Kier molecular flexibility index (Phi) is 4.95. The van der Waals surface area contributed by atoms with Crippen molar-refractivity contribution in [1.29, 1.82) is 0 Å². The molecule has 0 aliphatic carbocycles. The first kappa shape index (κ1) is 15.6. The Morgan fingerprint density at radius 3 is 2.74 bits per heavy atom. The Bertz CT molecular complexity index is 738. The lowest BCUT2D eigenvalue weighted by molar-refractivity contribution is 0.174.